The van der Waals surface area contributed by atoms with Gasteiger partial charge in [0.1, 0.15) is 30.5 Å². The van der Waals surface area contributed by atoms with Crippen LogP contribution in [0.15, 0.2) is 72.8 Å². The molecule has 3 rings (SSSR count). The maximum absolute atomic E-state index is 12.5. The number of benzene rings is 3. The first-order chi connectivity index (χ1) is 17.5. The van der Waals surface area contributed by atoms with E-state index in [-0.39, 0.29) is 12.6 Å². The number of carbonyl (C=O) groups is 2. The minimum atomic E-state index is -0.448. The second kappa shape index (κ2) is 14.5. The molecule has 0 aromatic heterocycles. The van der Waals surface area contributed by atoms with Crippen LogP contribution in [0.25, 0.3) is 11.1 Å². The predicted octanol–water partition coefficient (Wildman–Crippen LogP) is 4.56. The van der Waals surface area contributed by atoms with E-state index in [2.05, 4.69) is 0 Å². The first kappa shape index (κ1) is 26.7. The van der Waals surface area contributed by atoms with Crippen LogP contribution in [0.2, 0.25) is 0 Å². The van der Waals surface area contributed by atoms with E-state index in [9.17, 15) is 9.59 Å². The van der Waals surface area contributed by atoms with Crippen LogP contribution in [0.5, 0.6) is 17.2 Å². The molecule has 0 fully saturated rings. The predicted molar refractivity (Wildman–Crippen MR) is 134 cm³/mol. The summed E-state index contributed by atoms with van der Waals surface area (Å²) in [5, 5.41) is 0. The number of methoxy groups -OCH3 is 1. The lowest BCUT2D eigenvalue weighted by atomic mass is 10.1. The molecule has 0 radical (unpaired) electrons. The number of carbonyl (C=O) groups excluding carboxylic acids is 2. The van der Waals surface area contributed by atoms with Crippen molar-refractivity contribution in [2.24, 2.45) is 0 Å². The molecule has 0 heterocycles. The summed E-state index contributed by atoms with van der Waals surface area (Å²) in [5.41, 5.74) is 2.47. The second-order valence-corrected chi connectivity index (χ2v) is 7.58. The Kier molecular flexibility index (Phi) is 10.8. The summed E-state index contributed by atoms with van der Waals surface area (Å²) in [7, 11) is 1.63. The highest BCUT2D eigenvalue weighted by atomic mass is 16.6. The van der Waals surface area contributed by atoms with Gasteiger partial charge >= 0.3 is 11.9 Å². The van der Waals surface area contributed by atoms with Gasteiger partial charge in [-0.2, -0.15) is 0 Å². The summed E-state index contributed by atoms with van der Waals surface area (Å²) in [5.74, 6) is 1.11. The van der Waals surface area contributed by atoms with Crippen molar-refractivity contribution in [3.05, 3.63) is 78.4 Å². The van der Waals surface area contributed by atoms with Crippen LogP contribution < -0.4 is 14.2 Å². The molecule has 8 heteroatoms. The van der Waals surface area contributed by atoms with Crippen molar-refractivity contribution in [2.45, 2.75) is 6.92 Å². The van der Waals surface area contributed by atoms with E-state index in [1.54, 1.807) is 43.5 Å². The van der Waals surface area contributed by atoms with Gasteiger partial charge in [0.15, 0.2) is 0 Å². The zero-order chi connectivity index (χ0) is 25.6. The molecular formula is C28H30O8. The van der Waals surface area contributed by atoms with Gasteiger partial charge in [-0.25, -0.2) is 4.79 Å². The molecule has 0 aliphatic heterocycles. The van der Waals surface area contributed by atoms with Gasteiger partial charge in [-0.3, -0.25) is 4.79 Å². The van der Waals surface area contributed by atoms with E-state index in [4.69, 9.17) is 28.4 Å². The zero-order valence-electron chi connectivity index (χ0n) is 20.4. The Hall–Kier alpha value is -3.88. The molecule has 0 spiro atoms. The van der Waals surface area contributed by atoms with Crippen LogP contribution in [0.4, 0.5) is 0 Å². The molecule has 190 valence electrons. The van der Waals surface area contributed by atoms with E-state index in [1.807, 2.05) is 36.4 Å². The van der Waals surface area contributed by atoms with Crippen molar-refractivity contribution in [3.63, 3.8) is 0 Å². The summed E-state index contributed by atoms with van der Waals surface area (Å²) in [6.45, 7) is 3.49. The van der Waals surface area contributed by atoms with Gasteiger partial charge in [0.05, 0.1) is 39.1 Å². The van der Waals surface area contributed by atoms with Crippen molar-refractivity contribution < 1.29 is 38.0 Å². The Morgan fingerprint density at radius 2 is 1.11 bits per heavy atom. The standard InChI is InChI=1S/C28H30O8/c1-21(29)34-19-17-32-15-16-33-18-20-35-26-11-7-24(8-12-26)28(30)36-27-13-5-23(6-14-27)22-3-9-25(31-2)10-4-22/h3-14H,15-20H2,1-2H3. The molecular weight excluding hydrogens is 464 g/mol. The van der Waals surface area contributed by atoms with Crippen LogP contribution in [0.1, 0.15) is 17.3 Å². The topological polar surface area (TPSA) is 89.5 Å². The molecule has 0 aliphatic rings. The number of ether oxygens (including phenoxy) is 6. The summed E-state index contributed by atoms with van der Waals surface area (Å²) >= 11 is 0. The van der Waals surface area contributed by atoms with Gasteiger partial charge in [0.2, 0.25) is 0 Å². The molecule has 0 bridgehead atoms. The Labute approximate surface area is 210 Å². The summed E-state index contributed by atoms with van der Waals surface area (Å²) in [4.78, 5) is 23.1. The molecule has 0 saturated carbocycles. The van der Waals surface area contributed by atoms with Crippen molar-refractivity contribution in [3.8, 4) is 28.4 Å². The van der Waals surface area contributed by atoms with Gasteiger partial charge in [-0.1, -0.05) is 24.3 Å². The highest BCUT2D eigenvalue weighted by Crippen LogP contribution is 2.25. The van der Waals surface area contributed by atoms with E-state index in [0.29, 0.717) is 50.1 Å². The summed E-state index contributed by atoms with van der Waals surface area (Å²) < 4.78 is 31.7. The summed E-state index contributed by atoms with van der Waals surface area (Å²) in [6.07, 6.45) is 0. The quantitative estimate of drug-likeness (QED) is 0.183. The van der Waals surface area contributed by atoms with E-state index in [1.165, 1.54) is 6.92 Å². The smallest absolute Gasteiger partial charge is 0.343 e. The van der Waals surface area contributed by atoms with Crippen LogP contribution in [-0.2, 0) is 19.0 Å². The highest BCUT2D eigenvalue weighted by molar-refractivity contribution is 5.91. The van der Waals surface area contributed by atoms with Crippen molar-refractivity contribution in [1.29, 1.82) is 0 Å². The molecule has 0 unspecified atom stereocenters. The third kappa shape index (κ3) is 9.05. The average molecular weight is 495 g/mol. The fourth-order valence-corrected chi connectivity index (χ4v) is 3.14. The first-order valence-electron chi connectivity index (χ1n) is 11.5. The molecule has 8 nitrogen and oxygen atoms in total. The second-order valence-electron chi connectivity index (χ2n) is 7.58. The monoisotopic (exact) mass is 494 g/mol. The van der Waals surface area contributed by atoms with Gasteiger partial charge in [-0.15, -0.1) is 0 Å². The molecule has 0 N–H and O–H groups in total. The maximum Gasteiger partial charge on any atom is 0.343 e. The fourth-order valence-electron chi connectivity index (χ4n) is 3.14. The van der Waals surface area contributed by atoms with Gasteiger partial charge in [-0.05, 0) is 59.7 Å². The SMILES string of the molecule is COc1ccc(-c2ccc(OC(=O)c3ccc(OCCOCCOCCOC(C)=O)cc3)cc2)cc1. The van der Waals surface area contributed by atoms with E-state index < -0.39 is 5.97 Å². The Bertz CT molecular complexity index is 1080. The summed E-state index contributed by atoms with van der Waals surface area (Å²) in [6, 6.07) is 21.8. The number of rotatable bonds is 14. The number of hydrogen-bond donors (Lipinski definition) is 0. The van der Waals surface area contributed by atoms with Crippen molar-refractivity contribution in [2.75, 3.05) is 46.8 Å². The maximum atomic E-state index is 12.5. The fraction of sp³-hybridized carbons (Fsp3) is 0.286. The molecule has 0 aliphatic carbocycles. The molecule has 0 amide bonds. The van der Waals surface area contributed by atoms with Gasteiger partial charge < -0.3 is 28.4 Å². The van der Waals surface area contributed by atoms with Gasteiger partial charge in [0, 0.05) is 6.92 Å². The lowest BCUT2D eigenvalue weighted by Gasteiger charge is -2.09. The molecule has 3 aromatic rings. The zero-order valence-corrected chi connectivity index (χ0v) is 20.4. The molecule has 36 heavy (non-hydrogen) atoms. The van der Waals surface area contributed by atoms with Crippen LogP contribution in [-0.4, -0.2) is 58.7 Å². The third-order valence-electron chi connectivity index (χ3n) is 4.98. The van der Waals surface area contributed by atoms with Crippen LogP contribution in [0.3, 0.4) is 0 Å². The number of hydrogen-bond acceptors (Lipinski definition) is 8. The lowest BCUT2D eigenvalue weighted by molar-refractivity contribution is -0.142. The Morgan fingerprint density at radius 3 is 1.67 bits per heavy atom. The highest BCUT2D eigenvalue weighted by Gasteiger charge is 2.09. The Balaban J connectivity index is 1.35. The normalized spacial score (nSPS) is 10.5. The van der Waals surface area contributed by atoms with E-state index >= 15 is 0 Å². The Morgan fingerprint density at radius 1 is 0.611 bits per heavy atom. The third-order valence-corrected chi connectivity index (χ3v) is 4.98. The lowest BCUT2D eigenvalue weighted by Crippen LogP contribution is -2.13. The van der Waals surface area contributed by atoms with Gasteiger partial charge in [0.25, 0.3) is 0 Å². The molecule has 3 aromatic carbocycles. The molecule has 0 saturated heterocycles. The average Bonchev–Trinajstić information content (AvgIpc) is 2.90. The van der Waals surface area contributed by atoms with E-state index in [0.717, 1.165) is 16.9 Å². The van der Waals surface area contributed by atoms with Crippen molar-refractivity contribution >= 4 is 11.9 Å². The minimum Gasteiger partial charge on any atom is -0.497 e. The minimum absolute atomic E-state index is 0.235. The molecule has 0 atom stereocenters. The number of esters is 2. The first-order valence-corrected chi connectivity index (χ1v) is 11.5. The van der Waals surface area contributed by atoms with Crippen LogP contribution >= 0.6 is 0 Å². The van der Waals surface area contributed by atoms with Crippen LogP contribution in [0, 0.1) is 0 Å². The van der Waals surface area contributed by atoms with Crippen molar-refractivity contribution in [1.82, 2.24) is 0 Å². The largest absolute Gasteiger partial charge is 0.497 e.